The topological polar surface area (TPSA) is 112 Å². The molecule has 2 N–H and O–H groups in total. The number of nitrogens with one attached hydrogen (secondary N) is 1. The first-order chi connectivity index (χ1) is 14.9. The second-order valence-corrected chi connectivity index (χ2v) is 7.86. The largest absolute Gasteiger partial charge is 0.450 e. The molecule has 0 radical (unpaired) electrons. The molecule has 3 heterocycles. The Labute approximate surface area is 181 Å². The number of carbonyl (C=O) groups is 1. The van der Waals surface area contributed by atoms with E-state index in [0.29, 0.717) is 18.1 Å². The van der Waals surface area contributed by atoms with Crippen LogP contribution in [-0.4, -0.2) is 57.3 Å². The van der Waals surface area contributed by atoms with Gasteiger partial charge in [-0.05, 0) is 32.4 Å². The van der Waals surface area contributed by atoms with Crippen LogP contribution in [0.1, 0.15) is 43.5 Å². The lowest BCUT2D eigenvalue weighted by atomic mass is 10.0. The number of H-pyrrole nitrogens is 1. The number of piperazine rings is 1. The number of hydrogen-bond donors (Lipinski definition) is 2. The van der Waals surface area contributed by atoms with Gasteiger partial charge in [0.25, 0.3) is 5.56 Å². The third kappa shape index (κ3) is 5.01. The fraction of sp³-hybridized carbons (Fsp3) is 0.500. The zero-order valence-electron chi connectivity index (χ0n) is 17.8. The van der Waals surface area contributed by atoms with E-state index in [-0.39, 0.29) is 25.3 Å². The Morgan fingerprint density at radius 3 is 2.50 bits per heavy atom. The van der Waals surface area contributed by atoms with Crippen molar-refractivity contribution in [2.24, 2.45) is 0 Å². The fourth-order valence-corrected chi connectivity index (χ4v) is 3.38. The second kappa shape index (κ2) is 8.77. The SMILES string of the molecule is CCOC(=O)N1CCN(c2ncc(C(C)(C)O)cn2)CC1c1c[nH]c(=O)c(C(F)(F)F)c1. The number of nitrogens with zero attached hydrogens (tertiary/aromatic N) is 4. The van der Waals surface area contributed by atoms with Crippen LogP contribution < -0.4 is 10.5 Å². The molecule has 1 unspecified atom stereocenters. The number of anilines is 1. The van der Waals surface area contributed by atoms with Gasteiger partial charge in [-0.1, -0.05) is 0 Å². The van der Waals surface area contributed by atoms with Crippen LogP contribution in [0.2, 0.25) is 0 Å². The van der Waals surface area contributed by atoms with Gasteiger partial charge in [-0.15, -0.1) is 0 Å². The van der Waals surface area contributed by atoms with Gasteiger partial charge in [0.1, 0.15) is 5.56 Å². The van der Waals surface area contributed by atoms with Crippen molar-refractivity contribution in [3.05, 3.63) is 51.7 Å². The molecule has 1 atom stereocenters. The number of ether oxygens (including phenoxy) is 1. The highest BCUT2D eigenvalue weighted by Crippen LogP contribution is 2.32. The molecule has 32 heavy (non-hydrogen) atoms. The number of aliphatic hydroxyl groups is 1. The van der Waals surface area contributed by atoms with Crippen LogP contribution in [0, 0.1) is 0 Å². The van der Waals surface area contributed by atoms with E-state index in [9.17, 15) is 27.9 Å². The minimum absolute atomic E-state index is 0.0734. The van der Waals surface area contributed by atoms with E-state index in [1.165, 1.54) is 17.3 Å². The Morgan fingerprint density at radius 2 is 1.94 bits per heavy atom. The van der Waals surface area contributed by atoms with Gasteiger partial charge in [-0.3, -0.25) is 9.69 Å². The molecule has 174 valence electrons. The number of rotatable bonds is 4. The highest BCUT2D eigenvalue weighted by atomic mass is 19.4. The third-order valence-corrected chi connectivity index (χ3v) is 5.13. The molecule has 1 saturated heterocycles. The Morgan fingerprint density at radius 1 is 1.28 bits per heavy atom. The highest BCUT2D eigenvalue weighted by Gasteiger charge is 2.38. The lowest BCUT2D eigenvalue weighted by Crippen LogP contribution is -2.51. The maximum atomic E-state index is 13.3. The molecule has 0 aromatic carbocycles. The van der Waals surface area contributed by atoms with Gasteiger partial charge >= 0.3 is 12.3 Å². The standard InChI is InChI=1S/C20H24F3N5O4/c1-4-32-18(30)28-6-5-27(17-25-9-13(10-26-17)19(2,3)31)11-15(28)12-7-14(20(21,22)23)16(29)24-8-12/h7-10,15,31H,4-6,11H2,1-3H3,(H,24,29). The Hall–Kier alpha value is -3.15. The molecular formula is C20H24F3N5O4. The molecule has 0 aliphatic carbocycles. The van der Waals surface area contributed by atoms with Crippen LogP contribution in [0.15, 0.2) is 29.5 Å². The maximum Gasteiger partial charge on any atom is 0.421 e. The van der Waals surface area contributed by atoms with Gasteiger partial charge in [0.15, 0.2) is 0 Å². The normalized spacial score (nSPS) is 17.4. The van der Waals surface area contributed by atoms with E-state index in [1.54, 1.807) is 25.7 Å². The summed E-state index contributed by atoms with van der Waals surface area (Å²) in [5.41, 5.74) is -3.14. The van der Waals surface area contributed by atoms with Gasteiger partial charge in [0.05, 0.1) is 18.2 Å². The van der Waals surface area contributed by atoms with E-state index in [0.717, 1.165) is 12.3 Å². The van der Waals surface area contributed by atoms with Gasteiger partial charge in [0.2, 0.25) is 5.95 Å². The average molecular weight is 455 g/mol. The number of aromatic amines is 1. The molecule has 2 aromatic rings. The molecule has 0 saturated carbocycles. The molecule has 9 nitrogen and oxygen atoms in total. The Bertz CT molecular complexity index is 1020. The van der Waals surface area contributed by atoms with E-state index in [1.807, 2.05) is 0 Å². The number of amides is 1. The molecule has 12 heteroatoms. The summed E-state index contributed by atoms with van der Waals surface area (Å²) in [6.45, 7) is 5.44. The zero-order chi connectivity index (χ0) is 23.7. The molecule has 3 rings (SSSR count). The summed E-state index contributed by atoms with van der Waals surface area (Å²) in [5, 5.41) is 10.1. The summed E-state index contributed by atoms with van der Waals surface area (Å²) in [6.07, 6.45) is -1.41. The smallest absolute Gasteiger partial charge is 0.421 e. The van der Waals surface area contributed by atoms with E-state index in [2.05, 4.69) is 15.0 Å². The van der Waals surface area contributed by atoms with Crippen LogP contribution in [0.4, 0.5) is 23.9 Å². The molecule has 0 spiro atoms. The summed E-state index contributed by atoms with van der Waals surface area (Å²) in [6, 6.07) is -0.101. The number of pyridine rings is 1. The maximum absolute atomic E-state index is 13.3. The van der Waals surface area contributed by atoms with Crippen LogP contribution in [-0.2, 0) is 16.5 Å². The molecule has 1 aliphatic rings. The first-order valence-electron chi connectivity index (χ1n) is 9.95. The lowest BCUT2D eigenvalue weighted by Gasteiger charge is -2.41. The Balaban J connectivity index is 1.96. The summed E-state index contributed by atoms with van der Waals surface area (Å²) in [7, 11) is 0. The predicted octanol–water partition coefficient (Wildman–Crippen LogP) is 2.43. The first kappa shape index (κ1) is 23.5. The number of carbonyl (C=O) groups excluding carboxylic acids is 1. The van der Waals surface area contributed by atoms with Crippen LogP contribution in [0.3, 0.4) is 0 Å². The number of halogens is 3. The monoisotopic (exact) mass is 455 g/mol. The van der Waals surface area contributed by atoms with Gasteiger partial charge in [-0.25, -0.2) is 14.8 Å². The van der Waals surface area contributed by atoms with Crippen molar-refractivity contribution in [2.75, 3.05) is 31.1 Å². The lowest BCUT2D eigenvalue weighted by molar-refractivity contribution is -0.138. The van der Waals surface area contributed by atoms with Crippen molar-refractivity contribution in [1.29, 1.82) is 0 Å². The number of alkyl halides is 3. The van der Waals surface area contributed by atoms with Gasteiger partial charge in [-0.2, -0.15) is 13.2 Å². The molecular weight excluding hydrogens is 431 g/mol. The second-order valence-electron chi connectivity index (χ2n) is 7.86. The van der Waals surface area contributed by atoms with E-state index >= 15 is 0 Å². The van der Waals surface area contributed by atoms with Crippen molar-refractivity contribution < 1.29 is 27.8 Å². The van der Waals surface area contributed by atoms with Crippen LogP contribution >= 0.6 is 0 Å². The first-order valence-corrected chi connectivity index (χ1v) is 9.95. The minimum atomic E-state index is -4.84. The summed E-state index contributed by atoms with van der Waals surface area (Å²) < 4.78 is 44.9. The van der Waals surface area contributed by atoms with Crippen LogP contribution in [0.25, 0.3) is 0 Å². The number of aromatic nitrogens is 3. The van der Waals surface area contributed by atoms with Gasteiger partial charge in [0, 0.05) is 43.8 Å². The molecule has 1 aliphatic heterocycles. The van der Waals surface area contributed by atoms with E-state index < -0.39 is 35.0 Å². The van der Waals surface area contributed by atoms with Crippen molar-refractivity contribution in [1.82, 2.24) is 19.9 Å². The van der Waals surface area contributed by atoms with Crippen molar-refractivity contribution in [3.8, 4) is 0 Å². The van der Waals surface area contributed by atoms with Crippen LogP contribution in [0.5, 0.6) is 0 Å². The summed E-state index contributed by atoms with van der Waals surface area (Å²) in [4.78, 5) is 37.8. The summed E-state index contributed by atoms with van der Waals surface area (Å²) in [5.74, 6) is 0.298. The van der Waals surface area contributed by atoms with E-state index in [4.69, 9.17) is 4.74 Å². The predicted molar refractivity (Wildman–Crippen MR) is 108 cm³/mol. The summed E-state index contributed by atoms with van der Waals surface area (Å²) >= 11 is 0. The minimum Gasteiger partial charge on any atom is -0.450 e. The molecule has 1 fully saturated rings. The number of hydrogen-bond acceptors (Lipinski definition) is 7. The highest BCUT2D eigenvalue weighted by molar-refractivity contribution is 5.69. The third-order valence-electron chi connectivity index (χ3n) is 5.13. The molecule has 1 amide bonds. The fourth-order valence-electron chi connectivity index (χ4n) is 3.38. The molecule has 2 aromatic heterocycles. The van der Waals surface area contributed by atoms with Crippen molar-refractivity contribution in [3.63, 3.8) is 0 Å². The van der Waals surface area contributed by atoms with Crippen molar-refractivity contribution >= 4 is 12.0 Å². The zero-order valence-corrected chi connectivity index (χ0v) is 17.8. The van der Waals surface area contributed by atoms with Gasteiger partial charge < -0.3 is 19.7 Å². The average Bonchev–Trinajstić information content (AvgIpc) is 2.72. The van der Waals surface area contributed by atoms with Crippen molar-refractivity contribution in [2.45, 2.75) is 38.6 Å². The Kier molecular flexibility index (Phi) is 6.44. The quantitative estimate of drug-likeness (QED) is 0.728. The molecule has 0 bridgehead atoms.